The second-order valence-electron chi connectivity index (χ2n) is 7.27. The quantitative estimate of drug-likeness (QED) is 0.166. The van der Waals surface area contributed by atoms with Crippen LogP contribution in [-0.4, -0.2) is 38.4 Å². The highest BCUT2D eigenvalue weighted by Gasteiger charge is 2.22. The summed E-state index contributed by atoms with van der Waals surface area (Å²) in [6.45, 7) is 13.9. The van der Waals surface area contributed by atoms with E-state index in [2.05, 4.69) is 20.1 Å². The molecule has 0 N–H and O–H groups in total. The van der Waals surface area contributed by atoms with Crippen LogP contribution in [-0.2, 0) is 20.7 Å². The maximum atomic E-state index is 11.7. The highest BCUT2D eigenvalue weighted by Crippen LogP contribution is 2.44. The minimum absolute atomic E-state index is 0.0926. The number of carbonyl (C=O) groups is 2. The fourth-order valence-corrected chi connectivity index (χ4v) is 3.30. The molecular formula is C27H32O7. The van der Waals surface area contributed by atoms with Crippen LogP contribution in [0.15, 0.2) is 61.7 Å². The zero-order chi connectivity index (χ0) is 24.9. The van der Waals surface area contributed by atoms with E-state index in [1.54, 1.807) is 6.07 Å². The minimum atomic E-state index is -0.564. The number of carbonyl (C=O) groups excluding carboxylic acids is 2. The van der Waals surface area contributed by atoms with Crippen molar-refractivity contribution in [3.05, 3.63) is 72.8 Å². The van der Waals surface area contributed by atoms with E-state index in [1.165, 1.54) is 0 Å². The second kappa shape index (κ2) is 13.7. The van der Waals surface area contributed by atoms with Gasteiger partial charge in [-0.3, -0.25) is 0 Å². The van der Waals surface area contributed by atoms with E-state index in [0.717, 1.165) is 29.7 Å². The first-order valence-electron chi connectivity index (χ1n) is 11.2. The number of rotatable bonds is 14. The normalized spacial score (nSPS) is 11.1. The van der Waals surface area contributed by atoms with E-state index in [-0.39, 0.29) is 19.1 Å². The largest absolute Gasteiger partial charge is 0.490 e. The van der Waals surface area contributed by atoms with Crippen LogP contribution >= 0.6 is 0 Å². The molecule has 7 nitrogen and oxygen atoms in total. The first-order valence-corrected chi connectivity index (χ1v) is 11.2. The summed E-state index contributed by atoms with van der Waals surface area (Å²) in [6, 6.07) is 11.4. The molecule has 2 aromatic carbocycles. The summed E-state index contributed by atoms with van der Waals surface area (Å²) >= 11 is 0. The maximum Gasteiger partial charge on any atom is 0.335 e. The molecule has 0 aliphatic carbocycles. The van der Waals surface area contributed by atoms with E-state index in [9.17, 15) is 9.59 Å². The Morgan fingerprint density at radius 2 is 1.50 bits per heavy atom. The van der Waals surface area contributed by atoms with Gasteiger partial charge in [0.1, 0.15) is 19.0 Å². The van der Waals surface area contributed by atoms with Crippen LogP contribution in [0.2, 0.25) is 0 Å². The summed E-state index contributed by atoms with van der Waals surface area (Å²) in [7, 11) is 0. The molecule has 0 aliphatic heterocycles. The highest BCUT2D eigenvalue weighted by atomic mass is 16.6. The molecule has 34 heavy (non-hydrogen) atoms. The fourth-order valence-electron chi connectivity index (χ4n) is 3.30. The Labute approximate surface area is 200 Å². The van der Waals surface area contributed by atoms with Gasteiger partial charge in [-0.1, -0.05) is 38.3 Å². The van der Waals surface area contributed by atoms with Gasteiger partial charge in [0, 0.05) is 17.7 Å². The van der Waals surface area contributed by atoms with Crippen molar-refractivity contribution in [3.8, 4) is 23.0 Å². The molecule has 0 bridgehead atoms. The first kappa shape index (κ1) is 26.5. The lowest BCUT2D eigenvalue weighted by molar-refractivity contribution is -0.138. The van der Waals surface area contributed by atoms with Gasteiger partial charge < -0.3 is 23.7 Å². The van der Waals surface area contributed by atoms with Crippen LogP contribution in [0.1, 0.15) is 37.8 Å². The third kappa shape index (κ3) is 7.69. The van der Waals surface area contributed by atoms with Gasteiger partial charge in [0.15, 0.2) is 11.5 Å². The molecule has 0 saturated heterocycles. The summed E-state index contributed by atoms with van der Waals surface area (Å²) < 4.78 is 27.6. The van der Waals surface area contributed by atoms with Crippen LogP contribution in [0.25, 0.3) is 0 Å². The van der Waals surface area contributed by atoms with Crippen molar-refractivity contribution in [2.24, 2.45) is 0 Å². The Morgan fingerprint density at radius 3 is 2.12 bits per heavy atom. The molecule has 0 aromatic heterocycles. The van der Waals surface area contributed by atoms with Gasteiger partial charge in [0.05, 0.1) is 13.2 Å². The summed E-state index contributed by atoms with van der Waals surface area (Å²) in [5.74, 6) is 1.02. The molecule has 1 atom stereocenters. The molecule has 7 heteroatoms. The van der Waals surface area contributed by atoms with E-state index in [0.29, 0.717) is 36.2 Å². The van der Waals surface area contributed by atoms with Crippen LogP contribution < -0.4 is 18.9 Å². The molecule has 0 amide bonds. The van der Waals surface area contributed by atoms with Crippen LogP contribution in [0.4, 0.5) is 0 Å². The first-order chi connectivity index (χ1) is 16.4. The van der Waals surface area contributed by atoms with Gasteiger partial charge in [-0.05, 0) is 49.9 Å². The lowest BCUT2D eigenvalue weighted by Gasteiger charge is -2.21. The number of benzene rings is 2. The van der Waals surface area contributed by atoms with E-state index >= 15 is 0 Å². The van der Waals surface area contributed by atoms with Gasteiger partial charge in [-0.25, -0.2) is 9.59 Å². The van der Waals surface area contributed by atoms with Crippen molar-refractivity contribution in [1.82, 2.24) is 0 Å². The Bertz CT molecular complexity index is 979. The van der Waals surface area contributed by atoms with E-state index < -0.39 is 11.9 Å². The van der Waals surface area contributed by atoms with Gasteiger partial charge in [0.2, 0.25) is 5.75 Å². The predicted molar refractivity (Wildman–Crippen MR) is 130 cm³/mol. The van der Waals surface area contributed by atoms with Crippen LogP contribution in [0.3, 0.4) is 0 Å². The van der Waals surface area contributed by atoms with E-state index in [1.807, 2.05) is 44.2 Å². The summed E-state index contributed by atoms with van der Waals surface area (Å²) in [5, 5.41) is 0. The SMILES string of the molecule is C=CC(=O)OCCOc1ccc(CC(C)c2ccc(OC(=O)C=C)c(OCC)c2OCC)cc1. The van der Waals surface area contributed by atoms with E-state index in [4.69, 9.17) is 23.7 Å². The van der Waals surface area contributed by atoms with Gasteiger partial charge in [-0.2, -0.15) is 0 Å². The number of ether oxygens (including phenoxy) is 5. The van der Waals surface area contributed by atoms with Crippen molar-refractivity contribution in [3.63, 3.8) is 0 Å². The third-order valence-corrected chi connectivity index (χ3v) is 4.82. The predicted octanol–water partition coefficient (Wildman–Crippen LogP) is 5.03. The number of esters is 2. The molecule has 2 rings (SSSR count). The Balaban J connectivity index is 2.14. The maximum absolute atomic E-state index is 11.7. The Morgan fingerprint density at radius 1 is 0.853 bits per heavy atom. The molecule has 0 fully saturated rings. The van der Waals surface area contributed by atoms with Crippen molar-refractivity contribution >= 4 is 11.9 Å². The lowest BCUT2D eigenvalue weighted by atomic mass is 9.92. The number of hydrogen-bond donors (Lipinski definition) is 0. The monoisotopic (exact) mass is 468 g/mol. The van der Waals surface area contributed by atoms with Crippen molar-refractivity contribution in [2.75, 3.05) is 26.4 Å². The molecular weight excluding hydrogens is 436 g/mol. The third-order valence-electron chi connectivity index (χ3n) is 4.82. The smallest absolute Gasteiger partial charge is 0.335 e. The summed E-state index contributed by atoms with van der Waals surface area (Å²) in [6.07, 6.45) is 2.97. The second-order valence-corrected chi connectivity index (χ2v) is 7.27. The van der Waals surface area contributed by atoms with Gasteiger partial charge in [0.25, 0.3) is 0 Å². The molecule has 1 unspecified atom stereocenters. The molecule has 182 valence electrons. The lowest BCUT2D eigenvalue weighted by Crippen LogP contribution is -2.10. The average Bonchev–Trinajstić information content (AvgIpc) is 2.84. The zero-order valence-electron chi connectivity index (χ0n) is 20.0. The van der Waals surface area contributed by atoms with Crippen molar-refractivity contribution in [2.45, 2.75) is 33.1 Å². The number of hydrogen-bond acceptors (Lipinski definition) is 7. The average molecular weight is 469 g/mol. The molecule has 0 spiro atoms. The van der Waals surface area contributed by atoms with Crippen LogP contribution in [0.5, 0.6) is 23.0 Å². The fraction of sp³-hybridized carbons (Fsp3) is 0.333. The molecule has 0 heterocycles. The topological polar surface area (TPSA) is 80.3 Å². The summed E-state index contributed by atoms with van der Waals surface area (Å²) in [5.41, 5.74) is 2.06. The van der Waals surface area contributed by atoms with Gasteiger partial charge in [-0.15, -0.1) is 0 Å². The molecule has 0 radical (unpaired) electrons. The van der Waals surface area contributed by atoms with Gasteiger partial charge >= 0.3 is 11.9 Å². The highest BCUT2D eigenvalue weighted by molar-refractivity contribution is 5.84. The van der Waals surface area contributed by atoms with Crippen LogP contribution in [0, 0.1) is 0 Å². The molecule has 0 saturated carbocycles. The Kier molecular flexibility index (Phi) is 10.7. The molecule has 2 aromatic rings. The van der Waals surface area contributed by atoms with Crippen molar-refractivity contribution in [1.29, 1.82) is 0 Å². The summed E-state index contributed by atoms with van der Waals surface area (Å²) in [4.78, 5) is 22.8. The zero-order valence-corrected chi connectivity index (χ0v) is 20.0. The minimum Gasteiger partial charge on any atom is -0.490 e. The Hall–Kier alpha value is -3.74. The standard InChI is InChI=1S/C27H32O7/c1-6-24(28)33-17-16-32-21-12-10-20(11-13-21)18-19(5)22-14-15-23(34-25(29)7-2)27(31-9-4)26(22)30-8-3/h6-7,10-15,19H,1-2,8-9,16-18H2,3-5H3. The van der Waals surface area contributed by atoms with Crippen molar-refractivity contribution < 1.29 is 33.3 Å². The molecule has 0 aliphatic rings.